The number of rotatable bonds is 4. The first-order valence-electron chi connectivity index (χ1n) is 9.81. The number of benzene rings is 2. The van der Waals surface area contributed by atoms with Gasteiger partial charge in [-0.1, -0.05) is 63.2 Å². The largest absolute Gasteiger partial charge is 0.489 e. The second-order valence-corrected chi connectivity index (χ2v) is 8.34. The second kappa shape index (κ2) is 7.60. The van der Waals surface area contributed by atoms with E-state index in [2.05, 4.69) is 37.0 Å². The number of aromatic amines is 1. The van der Waals surface area contributed by atoms with Crippen molar-refractivity contribution in [3.05, 3.63) is 88.4 Å². The van der Waals surface area contributed by atoms with Crippen molar-refractivity contribution in [1.82, 2.24) is 10.2 Å². The van der Waals surface area contributed by atoms with Crippen LogP contribution in [0.5, 0.6) is 11.6 Å². The molecule has 0 saturated heterocycles. The second-order valence-electron chi connectivity index (χ2n) is 8.34. The SMILES string of the molecule is CC(C)(C)c1[nH]nc2c1[C@H](c1ccc(OCc3ccccc3)cc1)C(C#N)=C(N)O2. The molecule has 4 rings (SSSR count). The Labute approximate surface area is 175 Å². The molecule has 6 nitrogen and oxygen atoms in total. The lowest BCUT2D eigenvalue weighted by molar-refractivity contribution is 0.306. The van der Waals surface area contributed by atoms with Gasteiger partial charge >= 0.3 is 0 Å². The minimum Gasteiger partial charge on any atom is -0.489 e. The molecule has 0 aliphatic carbocycles. The van der Waals surface area contributed by atoms with Gasteiger partial charge in [0.15, 0.2) is 0 Å². The Balaban J connectivity index is 1.67. The van der Waals surface area contributed by atoms with Crippen molar-refractivity contribution in [2.24, 2.45) is 5.73 Å². The minimum atomic E-state index is -0.352. The van der Waals surface area contributed by atoms with Crippen LogP contribution in [0.25, 0.3) is 0 Å². The van der Waals surface area contributed by atoms with Gasteiger partial charge in [-0.3, -0.25) is 5.10 Å². The zero-order valence-corrected chi connectivity index (χ0v) is 17.3. The van der Waals surface area contributed by atoms with Crippen LogP contribution >= 0.6 is 0 Å². The molecule has 0 fully saturated rings. The summed E-state index contributed by atoms with van der Waals surface area (Å²) in [6, 6.07) is 20.0. The van der Waals surface area contributed by atoms with E-state index in [4.69, 9.17) is 15.2 Å². The van der Waals surface area contributed by atoms with Crippen LogP contribution in [0.1, 0.15) is 49.1 Å². The smallest absolute Gasteiger partial charge is 0.244 e. The van der Waals surface area contributed by atoms with Crippen LogP contribution in [0, 0.1) is 11.3 Å². The molecule has 0 radical (unpaired) electrons. The maximum absolute atomic E-state index is 9.79. The first-order chi connectivity index (χ1) is 14.4. The van der Waals surface area contributed by atoms with Gasteiger partial charge in [0, 0.05) is 11.1 Å². The van der Waals surface area contributed by atoms with Crippen molar-refractivity contribution in [2.45, 2.75) is 38.7 Å². The Morgan fingerprint density at radius 3 is 2.47 bits per heavy atom. The molecule has 6 heteroatoms. The molecular weight excluding hydrogens is 376 g/mol. The normalized spacial score (nSPS) is 15.9. The topological polar surface area (TPSA) is 97.0 Å². The lowest BCUT2D eigenvalue weighted by atomic mass is 9.79. The maximum atomic E-state index is 9.79. The van der Waals surface area contributed by atoms with Crippen LogP contribution in [-0.4, -0.2) is 10.2 Å². The average Bonchev–Trinajstić information content (AvgIpc) is 3.16. The molecule has 1 atom stereocenters. The third-order valence-electron chi connectivity index (χ3n) is 5.15. The van der Waals surface area contributed by atoms with Gasteiger partial charge in [-0.2, -0.15) is 5.26 Å². The van der Waals surface area contributed by atoms with Gasteiger partial charge in [0.2, 0.25) is 11.8 Å². The summed E-state index contributed by atoms with van der Waals surface area (Å²) < 4.78 is 11.5. The zero-order valence-electron chi connectivity index (χ0n) is 17.3. The van der Waals surface area contributed by atoms with Crippen molar-refractivity contribution in [3.63, 3.8) is 0 Å². The quantitative estimate of drug-likeness (QED) is 0.672. The molecule has 1 aliphatic rings. The first-order valence-corrected chi connectivity index (χ1v) is 9.81. The fourth-order valence-corrected chi connectivity index (χ4v) is 3.65. The van der Waals surface area contributed by atoms with Crippen LogP contribution in [0.4, 0.5) is 0 Å². The van der Waals surface area contributed by atoms with Crippen molar-refractivity contribution < 1.29 is 9.47 Å². The maximum Gasteiger partial charge on any atom is 0.244 e. The van der Waals surface area contributed by atoms with Crippen LogP contribution in [0.3, 0.4) is 0 Å². The molecule has 1 aromatic heterocycles. The molecule has 0 saturated carbocycles. The van der Waals surface area contributed by atoms with E-state index >= 15 is 0 Å². The number of allylic oxidation sites excluding steroid dienone is 1. The van der Waals surface area contributed by atoms with Gasteiger partial charge in [-0.25, -0.2) is 0 Å². The molecule has 0 amide bonds. The highest BCUT2D eigenvalue weighted by molar-refractivity contribution is 5.56. The third-order valence-corrected chi connectivity index (χ3v) is 5.15. The number of ether oxygens (including phenoxy) is 2. The van der Waals surface area contributed by atoms with Gasteiger partial charge < -0.3 is 15.2 Å². The summed E-state index contributed by atoms with van der Waals surface area (Å²) in [5.41, 5.74) is 10.0. The van der Waals surface area contributed by atoms with Crippen LogP contribution in [-0.2, 0) is 12.0 Å². The number of aromatic nitrogens is 2. The monoisotopic (exact) mass is 400 g/mol. The molecule has 0 bridgehead atoms. The summed E-state index contributed by atoms with van der Waals surface area (Å²) in [5.74, 6) is 0.917. The Hall–Kier alpha value is -3.72. The molecule has 1 aliphatic heterocycles. The van der Waals surface area contributed by atoms with Crippen molar-refractivity contribution in [3.8, 4) is 17.7 Å². The van der Waals surface area contributed by atoms with Crippen molar-refractivity contribution >= 4 is 0 Å². The molecule has 3 aromatic rings. The highest BCUT2D eigenvalue weighted by Gasteiger charge is 2.37. The highest BCUT2D eigenvalue weighted by Crippen LogP contribution is 2.45. The van der Waals surface area contributed by atoms with E-state index in [0.29, 0.717) is 18.1 Å². The molecule has 0 spiro atoms. The summed E-state index contributed by atoms with van der Waals surface area (Å²) in [4.78, 5) is 0. The van der Waals surface area contributed by atoms with E-state index in [1.807, 2.05) is 54.6 Å². The Morgan fingerprint density at radius 1 is 1.13 bits per heavy atom. The lowest BCUT2D eigenvalue weighted by Gasteiger charge is -2.27. The van der Waals surface area contributed by atoms with E-state index in [0.717, 1.165) is 28.1 Å². The standard InChI is InChI=1S/C24H24N4O2/c1-24(2,3)21-20-19(18(13-25)22(26)30-23(20)28-27-21)16-9-11-17(12-10-16)29-14-15-7-5-4-6-8-15/h4-12,19H,14,26H2,1-3H3,(H,27,28)/t19-/m1/s1. The number of nitrogens with two attached hydrogens (primary N) is 1. The van der Waals surface area contributed by atoms with E-state index in [1.165, 1.54) is 0 Å². The van der Waals surface area contributed by atoms with Gasteiger partial charge in [-0.05, 0) is 23.3 Å². The van der Waals surface area contributed by atoms with Gasteiger partial charge in [0.25, 0.3) is 0 Å². The van der Waals surface area contributed by atoms with Gasteiger partial charge in [0.05, 0.1) is 11.5 Å². The van der Waals surface area contributed by atoms with Crippen molar-refractivity contribution in [2.75, 3.05) is 0 Å². The summed E-state index contributed by atoms with van der Waals surface area (Å²) in [6.07, 6.45) is 0. The lowest BCUT2D eigenvalue weighted by Crippen LogP contribution is -2.23. The van der Waals surface area contributed by atoms with E-state index in [-0.39, 0.29) is 17.2 Å². The Bertz CT molecular complexity index is 1120. The van der Waals surface area contributed by atoms with E-state index in [9.17, 15) is 5.26 Å². The Kier molecular flexibility index (Phi) is 4.96. The number of hydrogen-bond donors (Lipinski definition) is 2. The zero-order chi connectivity index (χ0) is 21.3. The van der Waals surface area contributed by atoms with Crippen molar-refractivity contribution in [1.29, 1.82) is 5.26 Å². The molecule has 3 N–H and O–H groups in total. The average molecular weight is 400 g/mol. The highest BCUT2D eigenvalue weighted by atomic mass is 16.5. The van der Waals surface area contributed by atoms with Gasteiger partial charge in [-0.15, -0.1) is 5.10 Å². The van der Waals surface area contributed by atoms with Gasteiger partial charge in [0.1, 0.15) is 24.0 Å². The fraction of sp³-hybridized carbons (Fsp3) is 0.250. The summed E-state index contributed by atoms with van der Waals surface area (Å²) in [5, 5.41) is 17.2. The summed E-state index contributed by atoms with van der Waals surface area (Å²) in [7, 11) is 0. The first kappa shape index (κ1) is 19.6. The Morgan fingerprint density at radius 2 is 1.83 bits per heavy atom. The third kappa shape index (κ3) is 3.62. The number of H-pyrrole nitrogens is 1. The molecule has 2 heterocycles. The van der Waals surface area contributed by atoms with Crippen LogP contribution < -0.4 is 15.2 Å². The van der Waals surface area contributed by atoms with E-state index in [1.54, 1.807) is 0 Å². The number of nitrogens with zero attached hydrogens (tertiary/aromatic N) is 2. The predicted octanol–water partition coefficient (Wildman–Crippen LogP) is 4.50. The molecule has 30 heavy (non-hydrogen) atoms. The number of fused-ring (bicyclic) bond motifs is 1. The molecule has 152 valence electrons. The summed E-state index contributed by atoms with van der Waals surface area (Å²) >= 11 is 0. The summed E-state index contributed by atoms with van der Waals surface area (Å²) in [6.45, 7) is 6.76. The molecule has 2 aromatic carbocycles. The number of nitriles is 1. The minimum absolute atomic E-state index is 0.0892. The predicted molar refractivity (Wildman–Crippen MR) is 114 cm³/mol. The number of nitrogens with one attached hydrogen (secondary N) is 1. The molecular formula is C24H24N4O2. The number of hydrogen-bond acceptors (Lipinski definition) is 5. The van der Waals surface area contributed by atoms with E-state index < -0.39 is 0 Å². The van der Waals surface area contributed by atoms with Crippen LogP contribution in [0.15, 0.2) is 66.1 Å². The van der Waals surface area contributed by atoms with Crippen LogP contribution in [0.2, 0.25) is 0 Å². The molecule has 0 unspecified atom stereocenters. The fourth-order valence-electron chi connectivity index (χ4n) is 3.65.